The molecule has 1 saturated heterocycles. The van der Waals surface area contributed by atoms with Crippen molar-refractivity contribution in [2.24, 2.45) is 0 Å². The molecule has 2 heteroatoms. The van der Waals surface area contributed by atoms with Gasteiger partial charge in [-0.05, 0) is 11.6 Å². The maximum Gasteiger partial charge on any atom is 0.122 e. The molecule has 0 bridgehead atoms. The monoisotopic (exact) mass is 163 g/mol. The molecule has 1 fully saturated rings. The van der Waals surface area contributed by atoms with E-state index in [0.29, 0.717) is 5.92 Å². The molecule has 1 heterocycles. The standard InChI is InChI=1S/C10H13NO/c1-12-10-5-3-2-4-9(10)8-6-11-7-8/h2-5,8,11H,6-7H2,1H3. The van der Waals surface area contributed by atoms with E-state index in [1.165, 1.54) is 5.56 Å². The van der Waals surface area contributed by atoms with E-state index in [9.17, 15) is 0 Å². The Labute approximate surface area is 72.5 Å². The largest absolute Gasteiger partial charge is 0.496 e. The van der Waals surface area contributed by atoms with E-state index in [4.69, 9.17) is 4.74 Å². The van der Waals surface area contributed by atoms with Gasteiger partial charge in [-0.3, -0.25) is 0 Å². The maximum atomic E-state index is 5.27. The lowest BCUT2D eigenvalue weighted by Crippen LogP contribution is -2.39. The van der Waals surface area contributed by atoms with Crippen molar-refractivity contribution in [3.8, 4) is 5.75 Å². The van der Waals surface area contributed by atoms with Crippen LogP contribution < -0.4 is 10.1 Å². The van der Waals surface area contributed by atoms with Crippen LogP contribution in [-0.2, 0) is 0 Å². The first-order chi connectivity index (χ1) is 5.92. The number of methoxy groups -OCH3 is 1. The van der Waals surface area contributed by atoms with E-state index in [0.717, 1.165) is 18.8 Å². The van der Waals surface area contributed by atoms with E-state index in [1.807, 2.05) is 12.1 Å². The SMILES string of the molecule is COc1ccccc1C1CNC1. The maximum absolute atomic E-state index is 5.27. The first kappa shape index (κ1) is 7.62. The highest BCUT2D eigenvalue weighted by atomic mass is 16.5. The molecule has 0 aliphatic carbocycles. The van der Waals surface area contributed by atoms with Gasteiger partial charge in [0.05, 0.1) is 7.11 Å². The molecule has 0 unspecified atom stereocenters. The van der Waals surface area contributed by atoms with Gasteiger partial charge >= 0.3 is 0 Å². The Balaban J connectivity index is 2.27. The van der Waals surface area contributed by atoms with Crippen molar-refractivity contribution in [3.05, 3.63) is 29.8 Å². The highest BCUT2D eigenvalue weighted by molar-refractivity contribution is 5.37. The minimum absolute atomic E-state index is 0.654. The van der Waals surface area contributed by atoms with Gasteiger partial charge in [0.2, 0.25) is 0 Å². The van der Waals surface area contributed by atoms with Gasteiger partial charge in [0.25, 0.3) is 0 Å². The van der Waals surface area contributed by atoms with Crippen LogP contribution in [0, 0.1) is 0 Å². The summed E-state index contributed by atoms with van der Waals surface area (Å²) < 4.78 is 5.27. The topological polar surface area (TPSA) is 21.3 Å². The highest BCUT2D eigenvalue weighted by Gasteiger charge is 2.21. The van der Waals surface area contributed by atoms with E-state index in [-0.39, 0.29) is 0 Å². The molecule has 1 aliphatic rings. The van der Waals surface area contributed by atoms with E-state index >= 15 is 0 Å². The third kappa shape index (κ3) is 1.18. The summed E-state index contributed by atoms with van der Waals surface area (Å²) in [5.74, 6) is 1.67. The molecule has 0 saturated carbocycles. The number of hydrogen-bond donors (Lipinski definition) is 1. The summed E-state index contributed by atoms with van der Waals surface area (Å²) in [6, 6.07) is 8.24. The molecule has 0 spiro atoms. The van der Waals surface area contributed by atoms with Crippen LogP contribution in [0.15, 0.2) is 24.3 Å². The summed E-state index contributed by atoms with van der Waals surface area (Å²) >= 11 is 0. The third-order valence-corrected chi connectivity index (χ3v) is 2.36. The van der Waals surface area contributed by atoms with Gasteiger partial charge in [0, 0.05) is 19.0 Å². The van der Waals surface area contributed by atoms with Crippen molar-refractivity contribution < 1.29 is 4.74 Å². The van der Waals surface area contributed by atoms with Crippen LogP contribution in [0.25, 0.3) is 0 Å². The summed E-state index contributed by atoms with van der Waals surface area (Å²) in [7, 11) is 1.73. The van der Waals surface area contributed by atoms with Crippen molar-refractivity contribution in [2.45, 2.75) is 5.92 Å². The summed E-state index contributed by atoms with van der Waals surface area (Å²) in [5, 5.41) is 3.26. The van der Waals surface area contributed by atoms with Gasteiger partial charge in [-0.25, -0.2) is 0 Å². The first-order valence-electron chi connectivity index (χ1n) is 4.25. The molecule has 2 rings (SSSR count). The molecule has 0 amide bonds. The number of hydrogen-bond acceptors (Lipinski definition) is 2. The molecule has 0 radical (unpaired) electrons. The second-order valence-electron chi connectivity index (χ2n) is 3.10. The van der Waals surface area contributed by atoms with E-state index in [2.05, 4.69) is 17.4 Å². The second-order valence-corrected chi connectivity index (χ2v) is 3.10. The van der Waals surface area contributed by atoms with Crippen molar-refractivity contribution in [3.63, 3.8) is 0 Å². The smallest absolute Gasteiger partial charge is 0.122 e. The van der Waals surface area contributed by atoms with Crippen LogP contribution in [0.4, 0.5) is 0 Å². The zero-order chi connectivity index (χ0) is 8.39. The fourth-order valence-electron chi connectivity index (χ4n) is 1.51. The van der Waals surface area contributed by atoms with E-state index < -0.39 is 0 Å². The molecule has 2 nitrogen and oxygen atoms in total. The van der Waals surface area contributed by atoms with Crippen LogP contribution in [0.2, 0.25) is 0 Å². The van der Waals surface area contributed by atoms with Crippen molar-refractivity contribution in [1.29, 1.82) is 0 Å². The van der Waals surface area contributed by atoms with Crippen molar-refractivity contribution in [2.75, 3.05) is 20.2 Å². The second kappa shape index (κ2) is 3.15. The fraction of sp³-hybridized carbons (Fsp3) is 0.400. The van der Waals surface area contributed by atoms with Crippen LogP contribution in [0.5, 0.6) is 5.75 Å². The van der Waals surface area contributed by atoms with Crippen LogP contribution in [0.1, 0.15) is 11.5 Å². The van der Waals surface area contributed by atoms with Gasteiger partial charge < -0.3 is 10.1 Å². The van der Waals surface area contributed by atoms with Crippen molar-refractivity contribution >= 4 is 0 Å². The Morgan fingerprint density at radius 3 is 2.67 bits per heavy atom. The lowest BCUT2D eigenvalue weighted by Gasteiger charge is -2.28. The van der Waals surface area contributed by atoms with Gasteiger partial charge in [0.1, 0.15) is 5.75 Å². The van der Waals surface area contributed by atoms with Gasteiger partial charge in [-0.2, -0.15) is 0 Å². The first-order valence-corrected chi connectivity index (χ1v) is 4.25. The Bertz CT molecular complexity index is 268. The summed E-state index contributed by atoms with van der Waals surface area (Å²) in [6.45, 7) is 2.17. The Morgan fingerprint density at radius 2 is 2.08 bits per heavy atom. The number of para-hydroxylation sites is 1. The molecule has 1 aromatic rings. The Morgan fingerprint density at radius 1 is 1.33 bits per heavy atom. The number of ether oxygens (including phenoxy) is 1. The Kier molecular flexibility index (Phi) is 2.00. The predicted octanol–water partition coefficient (Wildman–Crippen LogP) is 1.38. The molecular formula is C10H13NO. The summed E-state index contributed by atoms with van der Waals surface area (Å²) in [5.41, 5.74) is 1.33. The average Bonchev–Trinajstić information content (AvgIpc) is 2.02. The number of nitrogens with one attached hydrogen (secondary N) is 1. The number of benzene rings is 1. The van der Waals surface area contributed by atoms with Crippen LogP contribution >= 0.6 is 0 Å². The van der Waals surface area contributed by atoms with Gasteiger partial charge in [-0.1, -0.05) is 18.2 Å². The average molecular weight is 163 g/mol. The Hall–Kier alpha value is -1.02. The molecule has 64 valence electrons. The normalized spacial score (nSPS) is 17.1. The lowest BCUT2D eigenvalue weighted by molar-refractivity contribution is 0.385. The summed E-state index contributed by atoms with van der Waals surface area (Å²) in [6.07, 6.45) is 0. The zero-order valence-corrected chi connectivity index (χ0v) is 7.21. The molecular weight excluding hydrogens is 150 g/mol. The molecule has 1 aromatic carbocycles. The minimum Gasteiger partial charge on any atom is -0.496 e. The fourth-order valence-corrected chi connectivity index (χ4v) is 1.51. The third-order valence-electron chi connectivity index (χ3n) is 2.36. The molecule has 12 heavy (non-hydrogen) atoms. The molecule has 1 aliphatic heterocycles. The van der Waals surface area contributed by atoms with E-state index in [1.54, 1.807) is 7.11 Å². The van der Waals surface area contributed by atoms with Crippen LogP contribution in [0.3, 0.4) is 0 Å². The zero-order valence-electron chi connectivity index (χ0n) is 7.21. The molecule has 0 atom stereocenters. The lowest BCUT2D eigenvalue weighted by atomic mass is 9.93. The number of rotatable bonds is 2. The molecule has 1 N–H and O–H groups in total. The summed E-state index contributed by atoms with van der Waals surface area (Å²) in [4.78, 5) is 0. The highest BCUT2D eigenvalue weighted by Crippen LogP contribution is 2.28. The minimum atomic E-state index is 0.654. The van der Waals surface area contributed by atoms with Gasteiger partial charge in [-0.15, -0.1) is 0 Å². The molecule has 0 aromatic heterocycles. The van der Waals surface area contributed by atoms with Gasteiger partial charge in [0.15, 0.2) is 0 Å². The predicted molar refractivity (Wildman–Crippen MR) is 48.6 cm³/mol. The van der Waals surface area contributed by atoms with Crippen molar-refractivity contribution in [1.82, 2.24) is 5.32 Å². The quantitative estimate of drug-likeness (QED) is 0.711. The van der Waals surface area contributed by atoms with Crippen LogP contribution in [-0.4, -0.2) is 20.2 Å².